The van der Waals surface area contributed by atoms with Gasteiger partial charge in [0.15, 0.2) is 0 Å². The van der Waals surface area contributed by atoms with Crippen molar-refractivity contribution in [2.45, 2.75) is 32.0 Å². The number of phenolic OH excluding ortho intramolecular Hbond substituents is 1. The lowest BCUT2D eigenvalue weighted by Gasteiger charge is -2.26. The molecule has 1 fully saturated rings. The van der Waals surface area contributed by atoms with Gasteiger partial charge in [0.05, 0.1) is 24.9 Å². The largest absolute Gasteiger partial charge is 0.508 e. The molecule has 0 spiro atoms. The average Bonchev–Trinajstić information content (AvgIpc) is 3.27. The van der Waals surface area contributed by atoms with Gasteiger partial charge in [0.1, 0.15) is 5.75 Å². The fourth-order valence-corrected chi connectivity index (χ4v) is 2.77. The molecule has 0 bridgehead atoms. The average molecular weight is 330 g/mol. The number of nitrogens with one attached hydrogen (secondary N) is 2. The summed E-state index contributed by atoms with van der Waals surface area (Å²) < 4.78 is 5.65. The van der Waals surface area contributed by atoms with Gasteiger partial charge in [-0.15, -0.1) is 0 Å². The molecule has 128 valence electrons. The van der Waals surface area contributed by atoms with Gasteiger partial charge < -0.3 is 20.1 Å². The maximum absolute atomic E-state index is 12.6. The summed E-state index contributed by atoms with van der Waals surface area (Å²) in [6.07, 6.45) is 3.66. The van der Waals surface area contributed by atoms with Crippen LogP contribution in [0.25, 0.3) is 0 Å². The Kier molecular flexibility index (Phi) is 5.32. The molecule has 2 amide bonds. The number of aromatic hydroxyl groups is 1. The molecule has 3 rings (SSSR count). The summed E-state index contributed by atoms with van der Waals surface area (Å²) in [6.45, 7) is 1.96. The van der Waals surface area contributed by atoms with E-state index in [4.69, 9.17) is 4.74 Å². The Morgan fingerprint density at radius 2 is 2.29 bits per heavy atom. The van der Waals surface area contributed by atoms with Crippen LogP contribution in [0, 0.1) is 0 Å². The topological polar surface area (TPSA) is 90.5 Å². The van der Waals surface area contributed by atoms with E-state index in [1.54, 1.807) is 23.2 Å². The summed E-state index contributed by atoms with van der Waals surface area (Å²) in [5.41, 5.74) is 1.55. The normalized spacial score (nSPS) is 16.9. The van der Waals surface area contributed by atoms with Crippen molar-refractivity contribution >= 4 is 6.03 Å². The minimum absolute atomic E-state index is 0.0498. The van der Waals surface area contributed by atoms with Crippen molar-refractivity contribution in [3.63, 3.8) is 0 Å². The van der Waals surface area contributed by atoms with Crippen molar-refractivity contribution in [3.05, 3.63) is 47.8 Å². The summed E-state index contributed by atoms with van der Waals surface area (Å²) in [5.74, 6) is 0.191. The third-order valence-electron chi connectivity index (χ3n) is 4.08. The van der Waals surface area contributed by atoms with Crippen LogP contribution in [0.1, 0.15) is 24.1 Å². The fourth-order valence-electron chi connectivity index (χ4n) is 2.77. The van der Waals surface area contributed by atoms with Gasteiger partial charge in [-0.05, 0) is 25.0 Å². The number of rotatable bonds is 6. The number of para-hydroxylation sites is 1. The molecule has 1 unspecified atom stereocenters. The number of H-pyrrole nitrogens is 1. The highest BCUT2D eigenvalue weighted by Gasteiger charge is 2.23. The van der Waals surface area contributed by atoms with Crippen LogP contribution in [-0.2, 0) is 17.8 Å². The quantitative estimate of drug-likeness (QED) is 0.756. The Hall–Kier alpha value is -2.54. The molecule has 1 aromatic carbocycles. The van der Waals surface area contributed by atoms with Crippen molar-refractivity contribution in [2.75, 3.05) is 13.2 Å². The number of urea groups is 1. The molecule has 0 radical (unpaired) electrons. The van der Waals surface area contributed by atoms with Gasteiger partial charge in [-0.3, -0.25) is 5.10 Å². The summed E-state index contributed by atoms with van der Waals surface area (Å²) >= 11 is 0. The Morgan fingerprint density at radius 3 is 3.00 bits per heavy atom. The Bertz CT molecular complexity index is 654. The number of aromatic nitrogens is 2. The number of carbonyl (C=O) groups is 1. The van der Waals surface area contributed by atoms with Crippen molar-refractivity contribution in [3.8, 4) is 5.75 Å². The maximum Gasteiger partial charge on any atom is 0.318 e. The number of benzene rings is 1. The highest BCUT2D eigenvalue weighted by Crippen LogP contribution is 2.20. The van der Waals surface area contributed by atoms with E-state index in [0.29, 0.717) is 25.2 Å². The predicted octanol–water partition coefficient (Wildman–Crippen LogP) is 2.01. The van der Waals surface area contributed by atoms with Crippen LogP contribution >= 0.6 is 0 Å². The third kappa shape index (κ3) is 4.26. The molecule has 1 aliphatic rings. The van der Waals surface area contributed by atoms with E-state index in [1.807, 2.05) is 18.2 Å². The zero-order valence-electron chi connectivity index (χ0n) is 13.4. The number of amides is 2. The van der Waals surface area contributed by atoms with Crippen molar-refractivity contribution in [2.24, 2.45) is 0 Å². The first-order valence-corrected chi connectivity index (χ1v) is 8.12. The van der Waals surface area contributed by atoms with Crippen molar-refractivity contribution < 1.29 is 14.6 Å². The number of hydrogen-bond acceptors (Lipinski definition) is 4. The highest BCUT2D eigenvalue weighted by molar-refractivity contribution is 5.74. The molecular weight excluding hydrogens is 308 g/mol. The van der Waals surface area contributed by atoms with Crippen molar-refractivity contribution in [1.82, 2.24) is 20.4 Å². The summed E-state index contributed by atoms with van der Waals surface area (Å²) in [4.78, 5) is 14.3. The molecule has 2 aromatic rings. The molecule has 0 saturated carbocycles. The Labute approximate surface area is 140 Å². The third-order valence-corrected chi connectivity index (χ3v) is 4.08. The lowest BCUT2D eigenvalue weighted by molar-refractivity contribution is 0.0792. The number of phenols is 1. The lowest BCUT2D eigenvalue weighted by atomic mass is 10.1. The van der Waals surface area contributed by atoms with Crippen molar-refractivity contribution in [1.29, 1.82) is 0 Å². The number of nitrogens with zero attached hydrogens (tertiary/aromatic N) is 2. The van der Waals surface area contributed by atoms with Gasteiger partial charge in [0, 0.05) is 24.9 Å². The predicted molar refractivity (Wildman–Crippen MR) is 88.3 cm³/mol. The molecule has 1 atom stereocenters. The fraction of sp³-hybridized carbons (Fsp3) is 0.412. The number of hydrogen-bond donors (Lipinski definition) is 3. The first kappa shape index (κ1) is 16.3. The van der Waals surface area contributed by atoms with Crippen LogP contribution in [-0.4, -0.2) is 45.5 Å². The summed E-state index contributed by atoms with van der Waals surface area (Å²) in [7, 11) is 0. The van der Waals surface area contributed by atoms with E-state index in [-0.39, 0.29) is 17.9 Å². The molecule has 3 N–H and O–H groups in total. The van der Waals surface area contributed by atoms with Crippen LogP contribution in [0.2, 0.25) is 0 Å². The molecule has 1 saturated heterocycles. The smallest absolute Gasteiger partial charge is 0.318 e. The SMILES string of the molecule is O=C(NCc1ccn[nH]1)N(Cc1ccccc1O)CC1CCCO1. The van der Waals surface area contributed by atoms with Gasteiger partial charge in [-0.25, -0.2) is 4.79 Å². The summed E-state index contributed by atoms with van der Waals surface area (Å²) in [6, 6.07) is 8.68. The monoisotopic (exact) mass is 330 g/mol. The second-order valence-electron chi connectivity index (χ2n) is 5.88. The van der Waals surface area contributed by atoms with Gasteiger partial charge in [-0.2, -0.15) is 5.10 Å². The minimum atomic E-state index is -0.191. The minimum Gasteiger partial charge on any atom is -0.508 e. The number of ether oxygens (including phenoxy) is 1. The van der Waals surface area contributed by atoms with E-state index in [1.165, 1.54) is 0 Å². The van der Waals surface area contributed by atoms with Crippen LogP contribution in [0.4, 0.5) is 4.79 Å². The lowest BCUT2D eigenvalue weighted by Crippen LogP contribution is -2.43. The van der Waals surface area contributed by atoms with Crippen LogP contribution < -0.4 is 5.32 Å². The first-order valence-electron chi connectivity index (χ1n) is 8.12. The zero-order valence-corrected chi connectivity index (χ0v) is 13.4. The van der Waals surface area contributed by atoms with Crippen LogP contribution in [0.5, 0.6) is 5.75 Å². The van der Waals surface area contributed by atoms with Gasteiger partial charge in [-0.1, -0.05) is 18.2 Å². The first-order chi connectivity index (χ1) is 11.7. The molecule has 1 aromatic heterocycles. The molecule has 7 nitrogen and oxygen atoms in total. The second kappa shape index (κ2) is 7.83. The second-order valence-corrected chi connectivity index (χ2v) is 5.88. The number of carbonyl (C=O) groups excluding carboxylic acids is 1. The van der Waals surface area contributed by atoms with E-state index in [0.717, 1.165) is 25.1 Å². The van der Waals surface area contributed by atoms with Gasteiger partial charge in [0.2, 0.25) is 0 Å². The van der Waals surface area contributed by atoms with Gasteiger partial charge >= 0.3 is 6.03 Å². The Morgan fingerprint density at radius 1 is 1.42 bits per heavy atom. The molecule has 1 aliphatic heterocycles. The van der Waals surface area contributed by atoms with Gasteiger partial charge in [0.25, 0.3) is 0 Å². The molecule has 24 heavy (non-hydrogen) atoms. The Balaban J connectivity index is 1.66. The van der Waals surface area contributed by atoms with E-state index >= 15 is 0 Å². The standard InChI is InChI=1S/C17H22N4O3/c22-16-6-2-1-4-13(16)11-21(12-15-5-3-9-24-15)17(23)18-10-14-7-8-19-20-14/h1-2,4,6-8,15,22H,3,5,9-12H2,(H,18,23)(H,19,20). The van der Waals surface area contributed by atoms with E-state index < -0.39 is 0 Å². The zero-order chi connectivity index (χ0) is 16.8. The maximum atomic E-state index is 12.6. The molecular formula is C17H22N4O3. The van der Waals surface area contributed by atoms with Crippen LogP contribution in [0.3, 0.4) is 0 Å². The van der Waals surface area contributed by atoms with E-state index in [9.17, 15) is 9.90 Å². The number of aromatic amines is 1. The summed E-state index contributed by atoms with van der Waals surface area (Å²) in [5, 5.41) is 19.5. The highest BCUT2D eigenvalue weighted by atomic mass is 16.5. The molecule has 7 heteroatoms. The molecule has 2 heterocycles. The molecule has 0 aliphatic carbocycles. The van der Waals surface area contributed by atoms with E-state index in [2.05, 4.69) is 15.5 Å². The van der Waals surface area contributed by atoms with Crippen LogP contribution in [0.15, 0.2) is 36.5 Å².